The Labute approximate surface area is 93.3 Å². The summed E-state index contributed by atoms with van der Waals surface area (Å²) < 4.78 is 1.60. The van der Waals surface area contributed by atoms with Gasteiger partial charge < -0.3 is 9.67 Å². The Bertz CT molecular complexity index is 376. The van der Waals surface area contributed by atoms with E-state index >= 15 is 0 Å². The first-order chi connectivity index (χ1) is 7.06. The largest absolute Gasteiger partial charge is 0.392 e. The molecule has 0 aliphatic rings. The third-order valence-corrected chi connectivity index (χ3v) is 3.47. The zero-order chi connectivity index (χ0) is 11.4. The van der Waals surface area contributed by atoms with Crippen LogP contribution in [0.2, 0.25) is 0 Å². The van der Waals surface area contributed by atoms with Crippen molar-refractivity contribution in [3.8, 4) is 0 Å². The standard InChI is InChI=1S/C10H16N2O2S/c1-4-12-6-5-11-9(10(12)14)15-8(3)7(2)13/h5-8,13H,4H2,1-3H3. The summed E-state index contributed by atoms with van der Waals surface area (Å²) in [7, 11) is 0. The van der Waals surface area contributed by atoms with E-state index in [2.05, 4.69) is 4.98 Å². The van der Waals surface area contributed by atoms with Crippen molar-refractivity contribution in [2.24, 2.45) is 0 Å². The van der Waals surface area contributed by atoms with Gasteiger partial charge in [0, 0.05) is 24.2 Å². The van der Waals surface area contributed by atoms with Crippen LogP contribution in [0.5, 0.6) is 0 Å². The number of aliphatic hydroxyl groups is 1. The Balaban J connectivity index is 2.91. The molecule has 2 atom stereocenters. The van der Waals surface area contributed by atoms with Crippen LogP contribution in [0, 0.1) is 0 Å². The summed E-state index contributed by atoms with van der Waals surface area (Å²) in [6.07, 6.45) is 2.83. The first-order valence-corrected chi connectivity index (χ1v) is 5.84. The normalized spacial score (nSPS) is 14.9. The zero-order valence-electron chi connectivity index (χ0n) is 9.17. The molecule has 84 valence electrons. The van der Waals surface area contributed by atoms with Gasteiger partial charge in [-0.3, -0.25) is 4.79 Å². The summed E-state index contributed by atoms with van der Waals surface area (Å²) in [5.74, 6) is 0. The van der Waals surface area contributed by atoms with E-state index < -0.39 is 6.10 Å². The second-order valence-electron chi connectivity index (χ2n) is 3.39. The molecule has 0 aliphatic heterocycles. The molecular weight excluding hydrogens is 212 g/mol. The summed E-state index contributed by atoms with van der Waals surface area (Å²) in [4.78, 5) is 15.8. The van der Waals surface area contributed by atoms with Crippen molar-refractivity contribution in [1.82, 2.24) is 9.55 Å². The Morgan fingerprint density at radius 1 is 1.60 bits per heavy atom. The topological polar surface area (TPSA) is 55.1 Å². The monoisotopic (exact) mass is 228 g/mol. The van der Waals surface area contributed by atoms with Crippen LogP contribution in [-0.4, -0.2) is 26.0 Å². The molecule has 1 N–H and O–H groups in total. The molecule has 1 rings (SSSR count). The fourth-order valence-corrected chi connectivity index (χ4v) is 1.92. The fraction of sp³-hybridized carbons (Fsp3) is 0.600. The van der Waals surface area contributed by atoms with Crippen LogP contribution in [0.25, 0.3) is 0 Å². The predicted molar refractivity (Wildman–Crippen MR) is 61.2 cm³/mol. The van der Waals surface area contributed by atoms with E-state index in [0.717, 1.165) is 0 Å². The molecule has 0 amide bonds. The summed E-state index contributed by atoms with van der Waals surface area (Å²) in [6.45, 7) is 6.13. The molecule has 2 unspecified atom stereocenters. The Kier molecular flexibility index (Phi) is 4.35. The van der Waals surface area contributed by atoms with E-state index in [9.17, 15) is 9.90 Å². The Morgan fingerprint density at radius 3 is 2.80 bits per heavy atom. The average Bonchev–Trinajstić information content (AvgIpc) is 2.21. The van der Waals surface area contributed by atoms with Gasteiger partial charge in [-0.1, -0.05) is 18.7 Å². The molecule has 0 saturated carbocycles. The zero-order valence-corrected chi connectivity index (χ0v) is 9.99. The van der Waals surface area contributed by atoms with Gasteiger partial charge in [-0.15, -0.1) is 0 Å². The first kappa shape index (κ1) is 12.3. The Hall–Kier alpha value is -0.810. The third-order valence-electron chi connectivity index (χ3n) is 2.20. The highest BCUT2D eigenvalue weighted by molar-refractivity contribution is 7.99. The van der Waals surface area contributed by atoms with Gasteiger partial charge in [-0.05, 0) is 13.8 Å². The highest BCUT2D eigenvalue weighted by atomic mass is 32.2. The fourth-order valence-electron chi connectivity index (χ4n) is 1.03. The van der Waals surface area contributed by atoms with Crippen molar-refractivity contribution in [2.45, 2.75) is 43.7 Å². The quantitative estimate of drug-likeness (QED) is 0.785. The van der Waals surface area contributed by atoms with Crippen LogP contribution in [0.3, 0.4) is 0 Å². The van der Waals surface area contributed by atoms with Gasteiger partial charge in [0.2, 0.25) is 0 Å². The van der Waals surface area contributed by atoms with Crippen molar-refractivity contribution in [1.29, 1.82) is 0 Å². The van der Waals surface area contributed by atoms with E-state index in [1.54, 1.807) is 23.9 Å². The molecular formula is C10H16N2O2S. The van der Waals surface area contributed by atoms with Crippen molar-refractivity contribution in [3.05, 3.63) is 22.7 Å². The predicted octanol–water partition coefficient (Wildman–Crippen LogP) is 1.12. The van der Waals surface area contributed by atoms with Gasteiger partial charge in [0.05, 0.1) is 6.10 Å². The molecule has 0 fully saturated rings. The van der Waals surface area contributed by atoms with E-state index in [1.165, 1.54) is 11.8 Å². The van der Waals surface area contributed by atoms with E-state index in [1.807, 2.05) is 13.8 Å². The first-order valence-electron chi connectivity index (χ1n) is 4.96. The number of aryl methyl sites for hydroxylation is 1. The van der Waals surface area contributed by atoms with Crippen LogP contribution >= 0.6 is 11.8 Å². The molecule has 15 heavy (non-hydrogen) atoms. The smallest absolute Gasteiger partial charge is 0.283 e. The minimum atomic E-state index is -0.452. The molecule has 1 heterocycles. The van der Waals surface area contributed by atoms with E-state index in [-0.39, 0.29) is 10.8 Å². The van der Waals surface area contributed by atoms with Gasteiger partial charge in [-0.2, -0.15) is 0 Å². The summed E-state index contributed by atoms with van der Waals surface area (Å²) in [5, 5.41) is 9.76. The van der Waals surface area contributed by atoms with Gasteiger partial charge in [-0.25, -0.2) is 4.98 Å². The lowest BCUT2D eigenvalue weighted by Crippen LogP contribution is -2.24. The number of rotatable bonds is 4. The number of thioether (sulfide) groups is 1. The summed E-state index contributed by atoms with van der Waals surface area (Å²) in [5.41, 5.74) is -0.0856. The molecule has 0 radical (unpaired) electrons. The Morgan fingerprint density at radius 2 is 2.27 bits per heavy atom. The van der Waals surface area contributed by atoms with Crippen molar-refractivity contribution >= 4 is 11.8 Å². The molecule has 0 aromatic carbocycles. The lowest BCUT2D eigenvalue weighted by atomic mass is 10.3. The summed E-state index contributed by atoms with van der Waals surface area (Å²) in [6, 6.07) is 0. The lowest BCUT2D eigenvalue weighted by Gasteiger charge is -2.13. The number of hydrogen-bond acceptors (Lipinski definition) is 4. The van der Waals surface area contributed by atoms with Gasteiger partial charge >= 0.3 is 0 Å². The van der Waals surface area contributed by atoms with Crippen LogP contribution in [-0.2, 0) is 6.54 Å². The van der Waals surface area contributed by atoms with E-state index in [4.69, 9.17) is 0 Å². The molecule has 0 saturated heterocycles. The highest BCUT2D eigenvalue weighted by Crippen LogP contribution is 2.19. The maximum absolute atomic E-state index is 11.8. The molecule has 0 bridgehead atoms. The van der Waals surface area contributed by atoms with Gasteiger partial charge in [0.25, 0.3) is 5.56 Å². The van der Waals surface area contributed by atoms with Crippen LogP contribution < -0.4 is 5.56 Å². The van der Waals surface area contributed by atoms with Crippen molar-refractivity contribution in [3.63, 3.8) is 0 Å². The maximum Gasteiger partial charge on any atom is 0.283 e. The third kappa shape index (κ3) is 3.07. The molecule has 5 heteroatoms. The van der Waals surface area contributed by atoms with Crippen LogP contribution in [0.1, 0.15) is 20.8 Å². The van der Waals surface area contributed by atoms with Gasteiger partial charge in [0.1, 0.15) is 0 Å². The number of hydrogen-bond donors (Lipinski definition) is 1. The number of nitrogens with zero attached hydrogens (tertiary/aromatic N) is 2. The van der Waals surface area contributed by atoms with Crippen LogP contribution in [0.15, 0.2) is 22.2 Å². The highest BCUT2D eigenvalue weighted by Gasteiger charge is 2.14. The molecule has 1 aromatic rings. The second-order valence-corrected chi connectivity index (χ2v) is 4.75. The van der Waals surface area contributed by atoms with Crippen LogP contribution in [0.4, 0.5) is 0 Å². The maximum atomic E-state index is 11.8. The lowest BCUT2D eigenvalue weighted by molar-refractivity contribution is 0.196. The minimum absolute atomic E-state index is 0.0297. The molecule has 1 aromatic heterocycles. The average molecular weight is 228 g/mol. The van der Waals surface area contributed by atoms with E-state index in [0.29, 0.717) is 11.6 Å². The number of aliphatic hydroxyl groups excluding tert-OH is 1. The molecule has 0 spiro atoms. The van der Waals surface area contributed by atoms with Crippen molar-refractivity contribution < 1.29 is 5.11 Å². The minimum Gasteiger partial charge on any atom is -0.392 e. The molecule has 0 aliphatic carbocycles. The second kappa shape index (κ2) is 5.32. The molecule has 4 nitrogen and oxygen atoms in total. The number of aromatic nitrogens is 2. The van der Waals surface area contributed by atoms with Crippen molar-refractivity contribution in [2.75, 3.05) is 0 Å². The van der Waals surface area contributed by atoms with Gasteiger partial charge in [0.15, 0.2) is 5.03 Å². The summed E-state index contributed by atoms with van der Waals surface area (Å²) >= 11 is 1.31. The SMILES string of the molecule is CCn1ccnc(SC(C)C(C)O)c1=O.